The third-order valence-electron chi connectivity index (χ3n) is 3.54. The van der Waals surface area contributed by atoms with Crippen molar-refractivity contribution in [3.8, 4) is 5.69 Å². The van der Waals surface area contributed by atoms with Crippen LogP contribution < -0.4 is 5.56 Å². The van der Waals surface area contributed by atoms with Crippen LogP contribution >= 0.6 is 12.2 Å². The molecular weight excluding hydrogens is 359 g/mol. The summed E-state index contributed by atoms with van der Waals surface area (Å²) in [5, 5.41) is 11.1. The van der Waals surface area contributed by atoms with E-state index < -0.39 is 22.2 Å². The minimum atomic E-state index is -4.57. The second-order valence-corrected chi connectivity index (χ2v) is 5.46. The van der Waals surface area contributed by atoms with Gasteiger partial charge in [-0.15, -0.1) is 0 Å². The van der Waals surface area contributed by atoms with Crippen LogP contribution in [-0.2, 0) is 6.18 Å². The number of nitro groups is 1. The molecule has 128 valence electrons. The standard InChI is InChI=1S/C15H8F3N3O3S/c16-15(17,18)8-5-6-9-10(7-8)19-14(25)20(13(9)22)11-3-1-2-4-12(11)21(23)24/h1-7H,(H,19,25). The van der Waals surface area contributed by atoms with Crippen molar-refractivity contribution in [2.24, 2.45) is 0 Å². The van der Waals surface area contributed by atoms with E-state index in [1.165, 1.54) is 24.3 Å². The van der Waals surface area contributed by atoms with Crippen molar-refractivity contribution < 1.29 is 18.1 Å². The Hall–Kier alpha value is -3.01. The number of alkyl halides is 3. The number of H-pyrrole nitrogens is 1. The van der Waals surface area contributed by atoms with E-state index >= 15 is 0 Å². The Morgan fingerprint density at radius 2 is 1.84 bits per heavy atom. The zero-order chi connectivity index (χ0) is 18.4. The predicted octanol–water partition coefficient (Wildman–Crippen LogP) is 3.98. The summed E-state index contributed by atoms with van der Waals surface area (Å²) in [5.74, 6) is 0. The number of aromatic nitrogens is 2. The highest BCUT2D eigenvalue weighted by atomic mass is 32.1. The number of hydrogen-bond acceptors (Lipinski definition) is 4. The second kappa shape index (κ2) is 5.81. The molecule has 0 bridgehead atoms. The molecule has 6 nitrogen and oxygen atoms in total. The number of nitrogens with zero attached hydrogens (tertiary/aromatic N) is 2. The van der Waals surface area contributed by atoms with E-state index in [9.17, 15) is 28.1 Å². The quantitative estimate of drug-likeness (QED) is 0.422. The second-order valence-electron chi connectivity index (χ2n) is 5.07. The van der Waals surface area contributed by atoms with E-state index in [-0.39, 0.29) is 27.0 Å². The van der Waals surface area contributed by atoms with Gasteiger partial charge in [0.15, 0.2) is 4.77 Å². The van der Waals surface area contributed by atoms with Crippen molar-refractivity contribution in [1.29, 1.82) is 0 Å². The number of nitrogens with one attached hydrogen (secondary N) is 1. The van der Waals surface area contributed by atoms with Gasteiger partial charge in [-0.25, -0.2) is 4.57 Å². The lowest BCUT2D eigenvalue weighted by molar-refractivity contribution is -0.384. The van der Waals surface area contributed by atoms with Crippen LogP contribution in [0.25, 0.3) is 16.6 Å². The molecule has 0 aliphatic heterocycles. The van der Waals surface area contributed by atoms with Gasteiger partial charge in [0.2, 0.25) is 0 Å². The molecular formula is C15H8F3N3O3S. The van der Waals surface area contributed by atoms with Gasteiger partial charge in [0.05, 0.1) is 21.4 Å². The van der Waals surface area contributed by atoms with Crippen molar-refractivity contribution in [1.82, 2.24) is 9.55 Å². The average Bonchev–Trinajstić information content (AvgIpc) is 2.53. The van der Waals surface area contributed by atoms with Crippen molar-refractivity contribution in [3.05, 3.63) is 73.3 Å². The van der Waals surface area contributed by atoms with E-state index in [1.807, 2.05) is 0 Å². The normalized spacial score (nSPS) is 11.6. The maximum absolute atomic E-state index is 12.8. The fourth-order valence-corrected chi connectivity index (χ4v) is 2.71. The molecule has 0 amide bonds. The van der Waals surface area contributed by atoms with Crippen molar-refractivity contribution >= 4 is 28.8 Å². The molecule has 1 heterocycles. The van der Waals surface area contributed by atoms with Crippen LogP contribution in [0.2, 0.25) is 0 Å². The summed E-state index contributed by atoms with van der Waals surface area (Å²) in [6.45, 7) is 0. The van der Waals surface area contributed by atoms with Gasteiger partial charge in [0, 0.05) is 6.07 Å². The summed E-state index contributed by atoms with van der Waals surface area (Å²) in [7, 11) is 0. The van der Waals surface area contributed by atoms with Gasteiger partial charge in [-0.1, -0.05) is 12.1 Å². The van der Waals surface area contributed by atoms with E-state index in [4.69, 9.17) is 12.2 Å². The maximum Gasteiger partial charge on any atom is 0.416 e. The fraction of sp³-hybridized carbons (Fsp3) is 0.0667. The highest BCUT2D eigenvalue weighted by molar-refractivity contribution is 7.71. The van der Waals surface area contributed by atoms with Crippen LogP contribution in [0.1, 0.15) is 5.56 Å². The van der Waals surface area contributed by atoms with E-state index in [2.05, 4.69) is 4.98 Å². The number of benzene rings is 2. The zero-order valence-electron chi connectivity index (χ0n) is 12.2. The molecule has 0 saturated carbocycles. The Balaban J connectivity index is 2.35. The third kappa shape index (κ3) is 2.91. The summed E-state index contributed by atoms with van der Waals surface area (Å²) in [4.78, 5) is 25.7. The lowest BCUT2D eigenvalue weighted by Gasteiger charge is -2.11. The molecule has 25 heavy (non-hydrogen) atoms. The van der Waals surface area contributed by atoms with Gasteiger partial charge in [-0.3, -0.25) is 14.9 Å². The summed E-state index contributed by atoms with van der Waals surface area (Å²) >= 11 is 5.04. The van der Waals surface area contributed by atoms with Gasteiger partial charge < -0.3 is 4.98 Å². The smallest absolute Gasteiger partial charge is 0.331 e. The lowest BCUT2D eigenvalue weighted by Crippen LogP contribution is -2.21. The van der Waals surface area contributed by atoms with Crippen LogP contribution in [0, 0.1) is 14.9 Å². The van der Waals surface area contributed by atoms with Gasteiger partial charge in [-0.2, -0.15) is 13.2 Å². The lowest BCUT2D eigenvalue weighted by atomic mass is 10.1. The molecule has 3 aromatic rings. The number of fused-ring (bicyclic) bond motifs is 1. The summed E-state index contributed by atoms with van der Waals surface area (Å²) < 4.78 is 39.1. The third-order valence-corrected chi connectivity index (χ3v) is 3.83. The zero-order valence-corrected chi connectivity index (χ0v) is 13.0. The first-order chi connectivity index (χ1) is 11.7. The first-order valence-electron chi connectivity index (χ1n) is 6.80. The van der Waals surface area contributed by atoms with Crippen LogP contribution in [0.15, 0.2) is 47.3 Å². The number of hydrogen-bond donors (Lipinski definition) is 1. The molecule has 0 saturated heterocycles. The Morgan fingerprint density at radius 3 is 2.48 bits per heavy atom. The molecule has 3 rings (SSSR count). The van der Waals surface area contributed by atoms with Crippen LogP contribution in [0.4, 0.5) is 18.9 Å². The molecule has 0 spiro atoms. The van der Waals surface area contributed by atoms with Crippen molar-refractivity contribution in [2.45, 2.75) is 6.18 Å². The Labute approximate surface area is 142 Å². The average molecular weight is 367 g/mol. The molecule has 0 radical (unpaired) electrons. The summed E-state index contributed by atoms with van der Waals surface area (Å²) in [6, 6.07) is 8.00. The van der Waals surface area contributed by atoms with Crippen LogP contribution in [-0.4, -0.2) is 14.5 Å². The topological polar surface area (TPSA) is 80.9 Å². The highest BCUT2D eigenvalue weighted by Crippen LogP contribution is 2.30. The van der Waals surface area contributed by atoms with Gasteiger partial charge in [0.25, 0.3) is 11.2 Å². The molecule has 0 aliphatic rings. The van der Waals surface area contributed by atoms with Gasteiger partial charge in [0.1, 0.15) is 5.69 Å². The van der Waals surface area contributed by atoms with E-state index in [0.29, 0.717) is 0 Å². The maximum atomic E-state index is 12.8. The van der Waals surface area contributed by atoms with Crippen LogP contribution in [0.3, 0.4) is 0 Å². The molecule has 2 aromatic carbocycles. The number of para-hydroxylation sites is 2. The SMILES string of the molecule is O=c1c2ccc(C(F)(F)F)cc2[nH]c(=S)n1-c1ccccc1[N+](=O)[O-]. The van der Waals surface area contributed by atoms with Gasteiger partial charge in [-0.05, 0) is 36.5 Å². The molecule has 10 heteroatoms. The van der Waals surface area contributed by atoms with Crippen LogP contribution in [0.5, 0.6) is 0 Å². The van der Waals surface area contributed by atoms with Crippen molar-refractivity contribution in [2.75, 3.05) is 0 Å². The number of halogens is 3. The molecule has 0 atom stereocenters. The number of rotatable bonds is 2. The van der Waals surface area contributed by atoms with E-state index in [1.54, 1.807) is 0 Å². The number of nitro benzene ring substituents is 1. The first kappa shape index (κ1) is 16.8. The predicted molar refractivity (Wildman–Crippen MR) is 86.4 cm³/mol. The number of aromatic amines is 1. The summed E-state index contributed by atoms with van der Waals surface area (Å²) in [6.07, 6.45) is -4.57. The monoisotopic (exact) mass is 367 g/mol. The van der Waals surface area contributed by atoms with E-state index in [0.717, 1.165) is 22.8 Å². The van der Waals surface area contributed by atoms with Gasteiger partial charge >= 0.3 is 6.18 Å². The minimum absolute atomic E-state index is 0.0689. The summed E-state index contributed by atoms with van der Waals surface area (Å²) in [5.41, 5.74) is -2.20. The Bertz CT molecular complexity index is 1120. The van der Waals surface area contributed by atoms with Crippen molar-refractivity contribution in [3.63, 3.8) is 0 Å². The molecule has 0 fully saturated rings. The Kier molecular flexibility index (Phi) is 3.91. The Morgan fingerprint density at radius 1 is 1.16 bits per heavy atom. The fourth-order valence-electron chi connectivity index (χ4n) is 2.42. The molecule has 1 N–H and O–H groups in total. The molecule has 0 aliphatic carbocycles. The minimum Gasteiger partial charge on any atom is -0.331 e. The molecule has 0 unspecified atom stereocenters. The first-order valence-corrected chi connectivity index (χ1v) is 7.21. The molecule has 1 aromatic heterocycles. The highest BCUT2D eigenvalue weighted by Gasteiger charge is 2.31. The largest absolute Gasteiger partial charge is 0.416 e.